The molecular formula is C7H3IN2O. The number of aromatic nitrogens is 1. The van der Waals surface area contributed by atoms with Gasteiger partial charge < -0.3 is 0 Å². The van der Waals surface area contributed by atoms with Gasteiger partial charge in [0.15, 0.2) is 6.29 Å². The third kappa shape index (κ3) is 1.98. The van der Waals surface area contributed by atoms with Crippen molar-refractivity contribution in [1.82, 2.24) is 4.98 Å². The number of nitriles is 1. The Hall–Kier alpha value is -0.960. The van der Waals surface area contributed by atoms with E-state index in [1.165, 1.54) is 6.07 Å². The molecule has 1 aromatic heterocycles. The number of aldehydes is 1. The summed E-state index contributed by atoms with van der Waals surface area (Å²) in [4.78, 5) is 14.1. The van der Waals surface area contributed by atoms with Gasteiger partial charge in [-0.1, -0.05) is 0 Å². The van der Waals surface area contributed by atoms with E-state index in [-0.39, 0.29) is 0 Å². The van der Waals surface area contributed by atoms with Gasteiger partial charge in [-0.3, -0.25) is 4.79 Å². The number of hydrogen-bond acceptors (Lipinski definition) is 3. The highest BCUT2D eigenvalue weighted by Crippen LogP contribution is 2.05. The van der Waals surface area contributed by atoms with E-state index in [1.54, 1.807) is 6.07 Å². The predicted octanol–water partition coefficient (Wildman–Crippen LogP) is 1.37. The van der Waals surface area contributed by atoms with E-state index in [1.807, 2.05) is 28.7 Å². The SMILES string of the molecule is N#Cc1cc(I)nc(C=O)c1. The fraction of sp³-hybridized carbons (Fsp3) is 0. The third-order valence-electron chi connectivity index (χ3n) is 1.06. The van der Waals surface area contributed by atoms with E-state index < -0.39 is 0 Å². The molecule has 0 aromatic carbocycles. The van der Waals surface area contributed by atoms with Crippen LogP contribution < -0.4 is 0 Å². The molecule has 0 bridgehead atoms. The molecule has 1 aromatic rings. The number of carbonyl (C=O) groups is 1. The molecule has 0 radical (unpaired) electrons. The summed E-state index contributed by atoms with van der Waals surface area (Å²) in [6.45, 7) is 0. The molecule has 0 fully saturated rings. The van der Waals surface area contributed by atoms with Crippen molar-refractivity contribution in [2.45, 2.75) is 0 Å². The van der Waals surface area contributed by atoms with Gasteiger partial charge in [0.1, 0.15) is 9.39 Å². The highest BCUT2D eigenvalue weighted by Gasteiger charge is 1.97. The summed E-state index contributed by atoms with van der Waals surface area (Å²) in [6.07, 6.45) is 0.628. The zero-order chi connectivity index (χ0) is 8.27. The first-order valence-electron chi connectivity index (χ1n) is 2.79. The van der Waals surface area contributed by atoms with Crippen molar-refractivity contribution in [3.63, 3.8) is 0 Å². The molecule has 54 valence electrons. The molecule has 0 spiro atoms. The van der Waals surface area contributed by atoms with E-state index in [4.69, 9.17) is 5.26 Å². The summed E-state index contributed by atoms with van der Waals surface area (Å²) in [5.74, 6) is 0. The van der Waals surface area contributed by atoms with Crippen molar-refractivity contribution in [3.8, 4) is 6.07 Å². The van der Waals surface area contributed by atoms with Crippen LogP contribution in [-0.2, 0) is 0 Å². The van der Waals surface area contributed by atoms with Gasteiger partial charge in [-0.05, 0) is 34.7 Å². The van der Waals surface area contributed by atoms with Crippen molar-refractivity contribution in [2.24, 2.45) is 0 Å². The zero-order valence-electron chi connectivity index (χ0n) is 5.41. The minimum atomic E-state index is 0.299. The van der Waals surface area contributed by atoms with Gasteiger partial charge in [0.2, 0.25) is 0 Å². The van der Waals surface area contributed by atoms with Gasteiger partial charge >= 0.3 is 0 Å². The van der Waals surface area contributed by atoms with Gasteiger partial charge in [-0.2, -0.15) is 5.26 Å². The lowest BCUT2D eigenvalue weighted by atomic mass is 10.2. The molecule has 0 unspecified atom stereocenters. The van der Waals surface area contributed by atoms with Crippen molar-refractivity contribution in [3.05, 3.63) is 27.1 Å². The van der Waals surface area contributed by atoms with Crippen LogP contribution in [0.5, 0.6) is 0 Å². The van der Waals surface area contributed by atoms with Crippen LogP contribution >= 0.6 is 22.6 Å². The van der Waals surface area contributed by atoms with Crippen LogP contribution in [0.3, 0.4) is 0 Å². The van der Waals surface area contributed by atoms with Crippen LogP contribution in [0.25, 0.3) is 0 Å². The molecule has 4 heteroatoms. The lowest BCUT2D eigenvalue weighted by molar-refractivity contribution is 0.111. The van der Waals surface area contributed by atoms with Crippen molar-refractivity contribution >= 4 is 28.9 Å². The minimum Gasteiger partial charge on any atom is -0.296 e. The molecule has 0 atom stereocenters. The fourth-order valence-corrected chi connectivity index (χ4v) is 1.26. The quantitative estimate of drug-likeness (QED) is 0.434. The number of carbonyl (C=O) groups excluding carboxylic acids is 1. The van der Waals surface area contributed by atoms with Gasteiger partial charge in [0, 0.05) is 0 Å². The largest absolute Gasteiger partial charge is 0.296 e. The van der Waals surface area contributed by atoms with E-state index >= 15 is 0 Å². The average molecular weight is 258 g/mol. The van der Waals surface area contributed by atoms with Crippen LogP contribution in [0, 0.1) is 15.0 Å². The molecule has 1 heterocycles. The molecule has 0 amide bonds. The summed E-state index contributed by atoms with van der Waals surface area (Å²) < 4.78 is 0.656. The summed E-state index contributed by atoms with van der Waals surface area (Å²) in [5.41, 5.74) is 0.764. The molecule has 0 aliphatic heterocycles. The maximum absolute atomic E-state index is 10.3. The molecule has 11 heavy (non-hydrogen) atoms. The maximum Gasteiger partial charge on any atom is 0.168 e. The Kier molecular flexibility index (Phi) is 2.54. The normalized spacial score (nSPS) is 8.73. The first kappa shape index (κ1) is 8.14. The Bertz CT molecular complexity index is 330. The molecule has 0 N–H and O–H groups in total. The van der Waals surface area contributed by atoms with E-state index in [0.29, 0.717) is 21.2 Å². The Labute approximate surface area is 77.2 Å². The smallest absolute Gasteiger partial charge is 0.168 e. The van der Waals surface area contributed by atoms with E-state index in [0.717, 1.165) is 0 Å². The monoisotopic (exact) mass is 258 g/mol. The Morgan fingerprint density at radius 3 is 2.91 bits per heavy atom. The van der Waals surface area contributed by atoms with E-state index in [9.17, 15) is 4.79 Å². The van der Waals surface area contributed by atoms with Gasteiger partial charge in [-0.15, -0.1) is 0 Å². The highest BCUT2D eigenvalue weighted by molar-refractivity contribution is 14.1. The Balaban J connectivity index is 3.25. The molecule has 0 saturated heterocycles. The van der Waals surface area contributed by atoms with Crippen LogP contribution in [-0.4, -0.2) is 11.3 Å². The first-order chi connectivity index (χ1) is 5.26. The second-order valence-electron chi connectivity index (χ2n) is 1.83. The fourth-order valence-electron chi connectivity index (χ4n) is 0.642. The molecule has 3 nitrogen and oxygen atoms in total. The van der Waals surface area contributed by atoms with Gasteiger partial charge in [0.05, 0.1) is 11.6 Å². The first-order valence-corrected chi connectivity index (χ1v) is 3.87. The maximum atomic E-state index is 10.3. The molecule has 1 rings (SSSR count). The molecule has 0 saturated carbocycles. The van der Waals surface area contributed by atoms with Crippen LogP contribution in [0.15, 0.2) is 12.1 Å². The van der Waals surface area contributed by atoms with Crippen LogP contribution in [0.1, 0.15) is 16.1 Å². The minimum absolute atomic E-state index is 0.299. The summed E-state index contributed by atoms with van der Waals surface area (Å²) in [6, 6.07) is 5.01. The van der Waals surface area contributed by atoms with Gasteiger partial charge in [-0.25, -0.2) is 4.98 Å². The number of halogens is 1. The number of nitrogens with zero attached hydrogens (tertiary/aromatic N) is 2. The number of hydrogen-bond donors (Lipinski definition) is 0. The van der Waals surface area contributed by atoms with Gasteiger partial charge in [0.25, 0.3) is 0 Å². The second-order valence-corrected chi connectivity index (χ2v) is 2.94. The predicted molar refractivity (Wildman–Crippen MR) is 47.1 cm³/mol. The van der Waals surface area contributed by atoms with Crippen molar-refractivity contribution < 1.29 is 4.79 Å². The summed E-state index contributed by atoms with van der Waals surface area (Å²) >= 11 is 1.96. The number of rotatable bonds is 1. The standard InChI is InChI=1S/C7H3IN2O/c8-7-2-5(3-9)1-6(4-11)10-7/h1-2,4H. The molecule has 0 aliphatic carbocycles. The molecule has 0 aliphatic rings. The summed E-state index contributed by atoms with van der Waals surface area (Å²) in [7, 11) is 0. The zero-order valence-corrected chi connectivity index (χ0v) is 7.57. The average Bonchev–Trinajstić information content (AvgIpc) is 2.03. The molecular weight excluding hydrogens is 255 g/mol. The van der Waals surface area contributed by atoms with Crippen molar-refractivity contribution in [1.29, 1.82) is 5.26 Å². The van der Waals surface area contributed by atoms with Crippen molar-refractivity contribution in [2.75, 3.05) is 0 Å². The topological polar surface area (TPSA) is 53.8 Å². The van der Waals surface area contributed by atoms with Crippen LogP contribution in [0.2, 0.25) is 0 Å². The lowest BCUT2D eigenvalue weighted by Crippen LogP contribution is -1.90. The highest BCUT2D eigenvalue weighted by atomic mass is 127. The Morgan fingerprint density at radius 1 is 1.64 bits per heavy atom. The Morgan fingerprint density at radius 2 is 2.36 bits per heavy atom. The lowest BCUT2D eigenvalue weighted by Gasteiger charge is -1.92. The van der Waals surface area contributed by atoms with Crippen LogP contribution in [0.4, 0.5) is 0 Å². The third-order valence-corrected chi connectivity index (χ3v) is 1.62. The summed E-state index contributed by atoms with van der Waals surface area (Å²) in [5, 5.41) is 8.48. The van der Waals surface area contributed by atoms with E-state index in [2.05, 4.69) is 4.98 Å². The number of pyridine rings is 1. The second kappa shape index (κ2) is 3.44.